The number of nitrogens with zero attached hydrogens (tertiary/aromatic N) is 1. The highest BCUT2D eigenvalue weighted by atomic mass is 19.3. The second-order valence-corrected chi connectivity index (χ2v) is 2.37. The molecule has 8 heteroatoms. The lowest BCUT2D eigenvalue weighted by Gasteiger charge is -2.06. The third-order valence-corrected chi connectivity index (χ3v) is 1.40. The molecule has 0 bridgehead atoms. The van der Waals surface area contributed by atoms with Crippen LogP contribution in [0.25, 0.3) is 0 Å². The van der Waals surface area contributed by atoms with E-state index in [2.05, 4.69) is 4.74 Å². The van der Waals surface area contributed by atoms with Gasteiger partial charge in [-0.05, 0) is 0 Å². The van der Waals surface area contributed by atoms with Crippen LogP contribution in [-0.4, -0.2) is 11.5 Å². The van der Waals surface area contributed by atoms with Gasteiger partial charge in [-0.1, -0.05) is 0 Å². The Morgan fingerprint density at radius 2 is 1.73 bits per heavy atom. The maximum absolute atomic E-state index is 12.8. The van der Waals surface area contributed by atoms with E-state index in [0.29, 0.717) is 12.1 Å². The number of non-ortho nitro benzene ring substituents is 1. The number of hydrogen-bond donors (Lipinski definition) is 0. The third kappa shape index (κ3) is 2.55. The molecule has 82 valence electrons. The minimum absolute atomic E-state index is 0.292. The van der Waals surface area contributed by atoms with Crippen LogP contribution in [0.2, 0.25) is 0 Å². The van der Waals surface area contributed by atoms with Gasteiger partial charge in [-0.3, -0.25) is 10.1 Å². The van der Waals surface area contributed by atoms with E-state index >= 15 is 0 Å². The highest BCUT2D eigenvalue weighted by Crippen LogP contribution is 2.27. The number of nitro benzene ring substituents is 1. The first kappa shape index (κ1) is 11.2. The number of ether oxygens (including phenoxy) is 1. The second-order valence-electron chi connectivity index (χ2n) is 2.37. The van der Waals surface area contributed by atoms with Gasteiger partial charge in [-0.15, -0.1) is 0 Å². The zero-order valence-electron chi connectivity index (χ0n) is 6.92. The van der Waals surface area contributed by atoms with Crippen molar-refractivity contribution < 1.29 is 27.2 Å². The predicted molar refractivity (Wildman–Crippen MR) is 39.6 cm³/mol. The van der Waals surface area contributed by atoms with Gasteiger partial charge in [0.2, 0.25) is 0 Å². The Morgan fingerprint density at radius 3 is 2.07 bits per heavy atom. The van der Waals surface area contributed by atoms with Crippen LogP contribution < -0.4 is 4.74 Å². The number of hydrogen-bond acceptors (Lipinski definition) is 3. The number of alkyl halides is 2. The zero-order chi connectivity index (χ0) is 11.6. The van der Waals surface area contributed by atoms with Gasteiger partial charge in [0.1, 0.15) is 0 Å². The van der Waals surface area contributed by atoms with Crippen molar-refractivity contribution in [1.82, 2.24) is 0 Å². The van der Waals surface area contributed by atoms with E-state index in [-0.39, 0.29) is 0 Å². The van der Waals surface area contributed by atoms with Crippen LogP contribution in [-0.2, 0) is 0 Å². The van der Waals surface area contributed by atoms with Gasteiger partial charge >= 0.3 is 6.61 Å². The lowest BCUT2D eigenvalue weighted by Crippen LogP contribution is -2.06. The molecule has 0 aliphatic carbocycles. The Labute approximate surface area is 80.2 Å². The first-order valence-electron chi connectivity index (χ1n) is 3.50. The fourth-order valence-corrected chi connectivity index (χ4v) is 0.854. The molecule has 0 saturated carbocycles. The van der Waals surface area contributed by atoms with Gasteiger partial charge in [0.25, 0.3) is 5.69 Å². The molecule has 0 aliphatic heterocycles. The van der Waals surface area contributed by atoms with Gasteiger partial charge in [0, 0.05) is 0 Å². The van der Waals surface area contributed by atoms with Gasteiger partial charge < -0.3 is 4.74 Å². The molecule has 0 spiro atoms. The molecule has 1 rings (SSSR count). The molecule has 1 aromatic carbocycles. The lowest BCUT2D eigenvalue weighted by atomic mass is 10.3. The smallest absolute Gasteiger partial charge is 0.387 e. The van der Waals surface area contributed by atoms with Gasteiger partial charge in [-0.25, -0.2) is 8.78 Å². The van der Waals surface area contributed by atoms with Crippen molar-refractivity contribution in [3.05, 3.63) is 33.9 Å². The normalized spacial score (nSPS) is 10.5. The Hall–Kier alpha value is -1.86. The Bertz CT molecular complexity index is 373. The highest BCUT2D eigenvalue weighted by molar-refractivity contribution is 5.39. The average molecular weight is 225 g/mol. The maximum Gasteiger partial charge on any atom is 0.387 e. The van der Waals surface area contributed by atoms with Crippen LogP contribution in [0.1, 0.15) is 0 Å². The number of rotatable bonds is 3. The molecule has 0 saturated heterocycles. The molecular formula is C7H3F4NO3. The van der Waals surface area contributed by atoms with E-state index in [1.165, 1.54) is 0 Å². The summed E-state index contributed by atoms with van der Waals surface area (Å²) in [7, 11) is 0. The first-order valence-corrected chi connectivity index (χ1v) is 3.50. The summed E-state index contributed by atoms with van der Waals surface area (Å²) in [6, 6.07) is 0.585. The molecule has 0 unspecified atom stereocenters. The second kappa shape index (κ2) is 4.11. The van der Waals surface area contributed by atoms with Crippen LogP contribution in [0.3, 0.4) is 0 Å². The van der Waals surface area contributed by atoms with Crippen molar-refractivity contribution in [2.45, 2.75) is 6.61 Å². The van der Waals surface area contributed by atoms with E-state index in [9.17, 15) is 27.7 Å². The summed E-state index contributed by atoms with van der Waals surface area (Å²) in [5.74, 6) is -4.44. The van der Waals surface area contributed by atoms with E-state index in [1.54, 1.807) is 0 Å². The number of benzene rings is 1. The number of halogens is 4. The summed E-state index contributed by atoms with van der Waals surface area (Å²) in [4.78, 5) is 9.06. The molecule has 0 N–H and O–H groups in total. The molecular weight excluding hydrogens is 222 g/mol. The van der Waals surface area contributed by atoms with Gasteiger partial charge in [0.15, 0.2) is 17.4 Å². The van der Waals surface area contributed by atoms with Crippen LogP contribution in [0.15, 0.2) is 12.1 Å². The zero-order valence-corrected chi connectivity index (χ0v) is 6.92. The minimum atomic E-state index is -3.41. The SMILES string of the molecule is O=[N+]([O-])c1cc(F)c(OC(F)F)c(F)c1. The van der Waals surface area contributed by atoms with Crippen molar-refractivity contribution in [1.29, 1.82) is 0 Å². The van der Waals surface area contributed by atoms with Crippen LogP contribution in [0.4, 0.5) is 23.2 Å². The van der Waals surface area contributed by atoms with E-state index in [0.717, 1.165) is 0 Å². The summed E-state index contributed by atoms with van der Waals surface area (Å²) in [6.07, 6.45) is 0. The largest absolute Gasteiger partial charge is 0.429 e. The third-order valence-electron chi connectivity index (χ3n) is 1.40. The molecule has 1 aromatic rings. The number of nitro groups is 1. The molecule has 0 fully saturated rings. The average Bonchev–Trinajstić information content (AvgIpc) is 2.10. The molecule has 0 amide bonds. The predicted octanol–water partition coefficient (Wildman–Crippen LogP) is 2.47. The van der Waals surface area contributed by atoms with Crippen molar-refractivity contribution >= 4 is 5.69 Å². The molecule has 0 aliphatic rings. The Balaban J connectivity index is 3.15. The van der Waals surface area contributed by atoms with Crippen molar-refractivity contribution in [2.75, 3.05) is 0 Å². The van der Waals surface area contributed by atoms with Crippen LogP contribution >= 0.6 is 0 Å². The monoisotopic (exact) mass is 225 g/mol. The summed E-state index contributed by atoms with van der Waals surface area (Å²) >= 11 is 0. The maximum atomic E-state index is 12.8. The Morgan fingerprint density at radius 1 is 1.27 bits per heavy atom. The molecule has 0 atom stereocenters. The summed E-state index contributed by atoms with van der Waals surface area (Å²) in [5.41, 5.74) is -0.883. The molecule has 15 heavy (non-hydrogen) atoms. The topological polar surface area (TPSA) is 52.4 Å². The fraction of sp³-hybridized carbons (Fsp3) is 0.143. The van der Waals surface area contributed by atoms with E-state index in [4.69, 9.17) is 0 Å². The first-order chi connectivity index (χ1) is 6.91. The molecule has 4 nitrogen and oxygen atoms in total. The summed E-state index contributed by atoms with van der Waals surface area (Å²) < 4.78 is 52.5. The van der Waals surface area contributed by atoms with Gasteiger partial charge in [-0.2, -0.15) is 8.78 Å². The lowest BCUT2D eigenvalue weighted by molar-refractivity contribution is -0.385. The van der Waals surface area contributed by atoms with E-state index in [1.807, 2.05) is 0 Å². The van der Waals surface area contributed by atoms with Gasteiger partial charge in [0.05, 0.1) is 17.1 Å². The molecule has 0 aromatic heterocycles. The summed E-state index contributed by atoms with van der Waals surface area (Å²) in [5, 5.41) is 10.1. The Kier molecular flexibility index (Phi) is 3.08. The summed E-state index contributed by atoms with van der Waals surface area (Å²) in [6.45, 7) is -3.41. The standard InChI is InChI=1S/C7H3F4NO3/c8-4-1-3(12(13)14)2-5(9)6(4)15-7(10)11/h1-2,7H. The van der Waals surface area contributed by atoms with E-state index < -0.39 is 34.6 Å². The fourth-order valence-electron chi connectivity index (χ4n) is 0.854. The van der Waals surface area contributed by atoms with Crippen molar-refractivity contribution in [3.8, 4) is 5.75 Å². The quantitative estimate of drug-likeness (QED) is 0.451. The van der Waals surface area contributed by atoms with Crippen molar-refractivity contribution in [3.63, 3.8) is 0 Å². The van der Waals surface area contributed by atoms with Crippen LogP contribution in [0.5, 0.6) is 5.75 Å². The molecule has 0 heterocycles. The minimum Gasteiger partial charge on any atom is -0.429 e. The van der Waals surface area contributed by atoms with Crippen molar-refractivity contribution in [2.24, 2.45) is 0 Å². The molecule has 0 radical (unpaired) electrons. The van der Waals surface area contributed by atoms with Crippen LogP contribution in [0, 0.1) is 21.7 Å². The highest BCUT2D eigenvalue weighted by Gasteiger charge is 2.20.